The summed E-state index contributed by atoms with van der Waals surface area (Å²) in [6.07, 6.45) is 0. The van der Waals surface area contributed by atoms with E-state index in [0.29, 0.717) is 30.9 Å². The van der Waals surface area contributed by atoms with Crippen molar-refractivity contribution in [3.8, 4) is 0 Å². The Morgan fingerprint density at radius 1 is 0.667 bits per heavy atom. The summed E-state index contributed by atoms with van der Waals surface area (Å²) in [5.41, 5.74) is 0. The van der Waals surface area contributed by atoms with E-state index in [-0.39, 0.29) is 5.02 Å². The van der Waals surface area contributed by atoms with Crippen molar-refractivity contribution in [3.05, 3.63) is 43.3 Å². The van der Waals surface area contributed by atoms with Crippen molar-refractivity contribution >= 4 is 68.8 Å². The van der Waals surface area contributed by atoms with Crippen LogP contribution in [-0.4, -0.2) is 0 Å². The predicted molar refractivity (Wildman–Crippen MR) is 69.0 cm³/mol. The number of fused-ring (bicyclic) bond motifs is 1. The van der Waals surface area contributed by atoms with Gasteiger partial charge in [0.15, 0.2) is 0 Å². The van der Waals surface area contributed by atoms with E-state index in [9.17, 15) is 0 Å². The molecule has 0 saturated carbocycles. The Morgan fingerprint density at radius 3 is 1.93 bits per heavy atom. The average Bonchev–Trinajstić information content (AvgIpc) is 2.20. The van der Waals surface area contributed by atoms with Gasteiger partial charge in [-0.05, 0) is 18.2 Å². The highest BCUT2D eigenvalue weighted by Gasteiger charge is 2.13. The summed E-state index contributed by atoms with van der Waals surface area (Å²) in [5, 5.41) is 3.33. The zero-order valence-electron chi connectivity index (χ0n) is 7.12. The van der Waals surface area contributed by atoms with Crippen LogP contribution in [0.4, 0.5) is 0 Å². The van der Waals surface area contributed by atoms with E-state index in [0.717, 1.165) is 0 Å². The molecule has 0 saturated heterocycles. The molecule has 0 heterocycles. The van der Waals surface area contributed by atoms with Crippen LogP contribution in [0.5, 0.6) is 0 Å². The summed E-state index contributed by atoms with van der Waals surface area (Å²) < 4.78 is 0. The third-order valence-electron chi connectivity index (χ3n) is 2.03. The maximum Gasteiger partial charge on any atom is 0.0785 e. The van der Waals surface area contributed by atoms with Gasteiger partial charge in [-0.15, -0.1) is 0 Å². The van der Waals surface area contributed by atoms with Gasteiger partial charge in [0, 0.05) is 15.8 Å². The number of hydrogen-bond acceptors (Lipinski definition) is 0. The first-order valence-electron chi connectivity index (χ1n) is 3.93. The molecule has 0 N–H and O–H groups in total. The molecular weight excluding hydrogens is 297 g/mol. The van der Waals surface area contributed by atoms with Crippen LogP contribution >= 0.6 is 58.0 Å². The van der Waals surface area contributed by atoms with E-state index >= 15 is 0 Å². The fraction of sp³-hybridized carbons (Fsp3) is 0. The van der Waals surface area contributed by atoms with Crippen LogP contribution in [0, 0.1) is 0 Å². The highest BCUT2D eigenvalue weighted by Crippen LogP contribution is 2.42. The highest BCUT2D eigenvalue weighted by molar-refractivity contribution is 6.53. The van der Waals surface area contributed by atoms with Crippen LogP contribution in [0.15, 0.2) is 18.2 Å². The lowest BCUT2D eigenvalue weighted by molar-refractivity contribution is 1.74. The molecule has 0 nitrogen and oxygen atoms in total. The van der Waals surface area contributed by atoms with Gasteiger partial charge in [-0.3, -0.25) is 0 Å². The molecule has 0 aliphatic rings. The van der Waals surface area contributed by atoms with E-state index in [4.69, 9.17) is 58.0 Å². The Balaban J connectivity index is 3.04. The second kappa shape index (κ2) is 4.20. The number of rotatable bonds is 0. The largest absolute Gasteiger partial charge is 0.0837 e. The zero-order chi connectivity index (χ0) is 11.2. The average molecular weight is 300 g/mol. The first-order valence-corrected chi connectivity index (χ1v) is 5.82. The quantitative estimate of drug-likeness (QED) is 0.515. The molecule has 15 heavy (non-hydrogen) atoms. The van der Waals surface area contributed by atoms with Gasteiger partial charge in [0.05, 0.1) is 20.1 Å². The van der Waals surface area contributed by atoms with Crippen LogP contribution in [0.25, 0.3) is 10.8 Å². The lowest BCUT2D eigenvalue weighted by Crippen LogP contribution is -1.81. The Hall–Kier alpha value is 0.150. The molecule has 2 rings (SSSR count). The summed E-state index contributed by atoms with van der Waals surface area (Å²) in [5.74, 6) is 0. The molecule has 0 spiro atoms. The maximum atomic E-state index is 6.05. The van der Waals surface area contributed by atoms with E-state index in [1.54, 1.807) is 18.2 Å². The van der Waals surface area contributed by atoms with Gasteiger partial charge in [-0.25, -0.2) is 0 Å². The molecule has 0 aromatic heterocycles. The van der Waals surface area contributed by atoms with Gasteiger partial charge >= 0.3 is 0 Å². The van der Waals surface area contributed by atoms with Crippen LogP contribution in [0.2, 0.25) is 25.1 Å². The van der Waals surface area contributed by atoms with Gasteiger partial charge in [0.1, 0.15) is 0 Å². The molecule has 0 amide bonds. The Kier molecular flexibility index (Phi) is 3.25. The minimum atomic E-state index is 0.287. The molecular formula is C10H3Cl5. The molecule has 0 atom stereocenters. The standard InChI is InChI=1S/C10H3Cl5/c11-5-1-2-6(12)8-4(5)3-7(13)9(14)10(8)15/h1-3H. The normalized spacial score (nSPS) is 11.0. The smallest absolute Gasteiger partial charge is 0.0785 e. The van der Waals surface area contributed by atoms with Crippen molar-refractivity contribution in [1.29, 1.82) is 0 Å². The molecule has 2 aromatic rings. The Morgan fingerprint density at radius 2 is 1.27 bits per heavy atom. The van der Waals surface area contributed by atoms with Crippen molar-refractivity contribution in [2.75, 3.05) is 0 Å². The van der Waals surface area contributed by atoms with Gasteiger partial charge in [0.2, 0.25) is 0 Å². The predicted octanol–water partition coefficient (Wildman–Crippen LogP) is 6.11. The number of benzene rings is 2. The summed E-state index contributed by atoms with van der Waals surface area (Å²) in [4.78, 5) is 0. The first-order chi connectivity index (χ1) is 7.02. The van der Waals surface area contributed by atoms with Crippen LogP contribution in [0.1, 0.15) is 0 Å². The molecule has 0 bridgehead atoms. The summed E-state index contributed by atoms with van der Waals surface area (Å²) in [6.45, 7) is 0. The SMILES string of the molecule is Clc1cc2c(Cl)ccc(Cl)c2c(Cl)c1Cl. The van der Waals surface area contributed by atoms with Crippen molar-refractivity contribution < 1.29 is 0 Å². The van der Waals surface area contributed by atoms with Gasteiger partial charge < -0.3 is 0 Å². The van der Waals surface area contributed by atoms with E-state index in [1.165, 1.54) is 0 Å². The third kappa shape index (κ3) is 1.90. The van der Waals surface area contributed by atoms with Crippen molar-refractivity contribution in [2.45, 2.75) is 0 Å². The summed E-state index contributed by atoms with van der Waals surface area (Å²) in [6, 6.07) is 5.01. The minimum absolute atomic E-state index is 0.287. The molecule has 0 aliphatic heterocycles. The van der Waals surface area contributed by atoms with Crippen LogP contribution < -0.4 is 0 Å². The van der Waals surface area contributed by atoms with E-state index < -0.39 is 0 Å². The number of halogens is 5. The van der Waals surface area contributed by atoms with Gasteiger partial charge in [-0.1, -0.05) is 58.0 Å². The molecule has 2 aromatic carbocycles. The Labute approximate surface area is 112 Å². The fourth-order valence-electron chi connectivity index (χ4n) is 1.34. The minimum Gasteiger partial charge on any atom is -0.0837 e. The third-order valence-corrected chi connectivity index (χ3v) is 3.94. The van der Waals surface area contributed by atoms with Crippen molar-refractivity contribution in [2.24, 2.45) is 0 Å². The summed E-state index contributed by atoms with van der Waals surface area (Å²) in [7, 11) is 0. The second-order valence-electron chi connectivity index (χ2n) is 2.94. The lowest BCUT2D eigenvalue weighted by Gasteiger charge is -2.08. The van der Waals surface area contributed by atoms with Crippen molar-refractivity contribution in [1.82, 2.24) is 0 Å². The topological polar surface area (TPSA) is 0 Å². The van der Waals surface area contributed by atoms with Gasteiger partial charge in [-0.2, -0.15) is 0 Å². The van der Waals surface area contributed by atoms with Gasteiger partial charge in [0.25, 0.3) is 0 Å². The molecule has 5 heteroatoms. The van der Waals surface area contributed by atoms with Crippen LogP contribution in [0.3, 0.4) is 0 Å². The van der Waals surface area contributed by atoms with Crippen LogP contribution in [-0.2, 0) is 0 Å². The monoisotopic (exact) mass is 298 g/mol. The Bertz CT molecular complexity index is 547. The van der Waals surface area contributed by atoms with E-state index in [1.807, 2.05) is 0 Å². The number of hydrogen-bond donors (Lipinski definition) is 0. The van der Waals surface area contributed by atoms with E-state index in [2.05, 4.69) is 0 Å². The fourth-order valence-corrected chi connectivity index (χ4v) is 2.56. The van der Waals surface area contributed by atoms with Crippen molar-refractivity contribution in [3.63, 3.8) is 0 Å². The zero-order valence-corrected chi connectivity index (χ0v) is 10.9. The molecule has 0 fully saturated rings. The maximum absolute atomic E-state index is 6.05. The molecule has 0 aliphatic carbocycles. The lowest BCUT2D eigenvalue weighted by atomic mass is 10.1. The summed E-state index contributed by atoms with van der Waals surface area (Å²) >= 11 is 29.9. The second-order valence-corrected chi connectivity index (χ2v) is 4.92. The molecule has 0 radical (unpaired) electrons. The first kappa shape index (κ1) is 11.6. The molecule has 78 valence electrons. The highest BCUT2D eigenvalue weighted by atomic mass is 35.5. The molecule has 0 unspecified atom stereocenters.